The molecule has 0 saturated heterocycles. The molecule has 5 heteroatoms. The average Bonchev–Trinajstić information content (AvgIpc) is 3.29. The molecule has 4 aromatic rings. The highest BCUT2D eigenvalue weighted by molar-refractivity contribution is 6.81. The zero-order chi connectivity index (χ0) is 26.8. The summed E-state index contributed by atoms with van der Waals surface area (Å²) in [5.74, 6) is -0.121. The van der Waals surface area contributed by atoms with E-state index in [2.05, 4.69) is 98.4 Å². The van der Waals surface area contributed by atoms with Crippen LogP contribution in [0.1, 0.15) is 45.9 Å². The predicted molar refractivity (Wildman–Crippen MR) is 159 cm³/mol. The van der Waals surface area contributed by atoms with Crippen LogP contribution in [0.3, 0.4) is 0 Å². The van der Waals surface area contributed by atoms with Crippen molar-refractivity contribution in [2.75, 3.05) is 17.1 Å². The van der Waals surface area contributed by atoms with Crippen molar-refractivity contribution >= 4 is 40.6 Å². The number of aryl methyl sites for hydroxylation is 1. The molecule has 38 heavy (non-hydrogen) atoms. The van der Waals surface area contributed by atoms with Gasteiger partial charge in [0.25, 0.3) is 0 Å². The van der Waals surface area contributed by atoms with E-state index in [1.165, 1.54) is 73.7 Å². The number of fused-ring (bicyclic) bond motifs is 1. The minimum absolute atomic E-state index is 0.0363. The summed E-state index contributed by atoms with van der Waals surface area (Å²) in [6, 6.07) is 22.0. The Morgan fingerprint density at radius 1 is 0.921 bits per heavy atom. The van der Waals surface area contributed by atoms with E-state index in [1.54, 1.807) is 0 Å². The fourth-order valence-electron chi connectivity index (χ4n) is 6.79. The fourth-order valence-corrected chi connectivity index (χ4v) is 6.79. The molecule has 0 saturated carbocycles. The van der Waals surface area contributed by atoms with Gasteiger partial charge in [0.1, 0.15) is 0 Å². The van der Waals surface area contributed by atoms with E-state index in [1.807, 2.05) is 6.92 Å². The minimum Gasteiger partial charge on any atom is -0.469 e. The molecule has 0 fully saturated rings. The number of hydrogen-bond donors (Lipinski definition) is 1. The van der Waals surface area contributed by atoms with E-state index < -0.39 is 5.41 Å². The first-order valence-corrected chi connectivity index (χ1v) is 13.5. The standard InChI is InChI=1S/C33H35BN2O2/c1-20-13-15-24(16-14-20)19-36-29-12-8-10-25-9-7-11-28(30(25)29)35-34(36)31-22(3)21(2)26-17-33(5,32(37)38-6)18-27(26)23(31)4/h7-16,35H,17-19H2,1-6H3. The Morgan fingerprint density at radius 3 is 2.26 bits per heavy atom. The summed E-state index contributed by atoms with van der Waals surface area (Å²) in [6.45, 7) is 11.7. The van der Waals surface area contributed by atoms with E-state index in [0.29, 0.717) is 6.42 Å². The highest BCUT2D eigenvalue weighted by Gasteiger charge is 2.44. The van der Waals surface area contributed by atoms with Crippen molar-refractivity contribution in [2.45, 2.75) is 54.0 Å². The topological polar surface area (TPSA) is 41.6 Å². The molecule has 1 aliphatic carbocycles. The molecule has 4 aromatic carbocycles. The van der Waals surface area contributed by atoms with E-state index >= 15 is 0 Å². The van der Waals surface area contributed by atoms with E-state index in [4.69, 9.17) is 4.74 Å². The Balaban J connectivity index is 1.53. The Labute approximate surface area is 226 Å². The summed E-state index contributed by atoms with van der Waals surface area (Å²) in [6.07, 6.45) is 1.45. The lowest BCUT2D eigenvalue weighted by Gasteiger charge is -2.39. The number of methoxy groups -OCH3 is 1. The van der Waals surface area contributed by atoms with Crippen molar-refractivity contribution in [3.63, 3.8) is 0 Å². The van der Waals surface area contributed by atoms with Gasteiger partial charge in [0.2, 0.25) is 0 Å². The Hall–Kier alpha value is -3.73. The zero-order valence-electron chi connectivity index (χ0n) is 23.2. The molecular weight excluding hydrogens is 467 g/mol. The van der Waals surface area contributed by atoms with E-state index in [0.717, 1.165) is 13.0 Å². The summed E-state index contributed by atoms with van der Waals surface area (Å²) in [4.78, 5) is 15.3. The fraction of sp³-hybridized carbons (Fsp3) is 0.303. The molecular formula is C33H35BN2O2. The third kappa shape index (κ3) is 3.71. The van der Waals surface area contributed by atoms with Crippen molar-refractivity contribution in [2.24, 2.45) is 5.41 Å². The second-order valence-electron chi connectivity index (χ2n) is 11.5. The number of ether oxygens (including phenoxy) is 1. The number of nitrogens with zero attached hydrogens (tertiary/aromatic N) is 1. The van der Waals surface area contributed by atoms with Gasteiger partial charge in [-0.05, 0) is 104 Å². The van der Waals surface area contributed by atoms with E-state index in [9.17, 15) is 4.79 Å². The molecule has 1 atom stereocenters. The molecule has 0 amide bonds. The summed E-state index contributed by atoms with van der Waals surface area (Å²) < 4.78 is 5.23. The van der Waals surface area contributed by atoms with Gasteiger partial charge in [-0.1, -0.05) is 54.1 Å². The number of carbonyl (C=O) groups excluding carboxylic acids is 1. The maximum Gasteiger partial charge on any atom is 0.409 e. The zero-order valence-corrected chi connectivity index (χ0v) is 23.2. The summed E-state index contributed by atoms with van der Waals surface area (Å²) in [7, 11) is 1.50. The third-order valence-electron chi connectivity index (χ3n) is 9.00. The van der Waals surface area contributed by atoms with Gasteiger partial charge in [-0.25, -0.2) is 0 Å². The van der Waals surface area contributed by atoms with Gasteiger partial charge < -0.3 is 14.8 Å². The number of esters is 1. The monoisotopic (exact) mass is 502 g/mol. The summed E-state index contributed by atoms with van der Waals surface area (Å²) in [5.41, 5.74) is 12.3. The van der Waals surface area contributed by atoms with Crippen LogP contribution in [-0.4, -0.2) is 20.1 Å². The van der Waals surface area contributed by atoms with Crippen LogP contribution < -0.4 is 15.5 Å². The van der Waals surface area contributed by atoms with Crippen molar-refractivity contribution in [3.05, 3.63) is 99.6 Å². The maximum absolute atomic E-state index is 12.8. The van der Waals surface area contributed by atoms with Gasteiger partial charge in [0.15, 0.2) is 0 Å². The van der Waals surface area contributed by atoms with Crippen LogP contribution in [0.5, 0.6) is 0 Å². The molecule has 0 bridgehead atoms. The van der Waals surface area contributed by atoms with Crippen LogP contribution in [0.15, 0.2) is 60.7 Å². The normalized spacial score (nSPS) is 17.9. The first kappa shape index (κ1) is 24.6. The van der Waals surface area contributed by atoms with Crippen molar-refractivity contribution in [3.8, 4) is 0 Å². The lowest BCUT2D eigenvalue weighted by molar-refractivity contribution is -0.151. The van der Waals surface area contributed by atoms with Crippen LogP contribution in [0.2, 0.25) is 0 Å². The van der Waals surface area contributed by atoms with Gasteiger partial charge in [0, 0.05) is 23.3 Å². The Morgan fingerprint density at radius 2 is 1.58 bits per heavy atom. The van der Waals surface area contributed by atoms with Crippen LogP contribution >= 0.6 is 0 Å². The largest absolute Gasteiger partial charge is 0.469 e. The average molecular weight is 502 g/mol. The molecule has 6 rings (SSSR count). The quantitative estimate of drug-likeness (QED) is 0.267. The molecule has 192 valence electrons. The molecule has 4 nitrogen and oxygen atoms in total. The van der Waals surface area contributed by atoms with Crippen LogP contribution in [0, 0.1) is 33.1 Å². The smallest absolute Gasteiger partial charge is 0.409 e. The molecule has 2 aliphatic rings. The number of carbonyl (C=O) groups is 1. The van der Waals surface area contributed by atoms with Crippen LogP contribution in [-0.2, 0) is 28.9 Å². The molecule has 1 heterocycles. The molecule has 1 aliphatic heterocycles. The molecule has 1 unspecified atom stereocenters. The van der Waals surface area contributed by atoms with Gasteiger partial charge in [-0.2, -0.15) is 0 Å². The third-order valence-corrected chi connectivity index (χ3v) is 9.00. The number of nitrogens with one attached hydrogen (secondary N) is 1. The predicted octanol–water partition coefficient (Wildman–Crippen LogP) is 6.18. The minimum atomic E-state index is -0.516. The van der Waals surface area contributed by atoms with Gasteiger partial charge in [0.05, 0.1) is 12.5 Å². The number of rotatable bonds is 4. The number of anilines is 2. The van der Waals surface area contributed by atoms with Crippen molar-refractivity contribution in [1.29, 1.82) is 0 Å². The lowest BCUT2D eigenvalue weighted by Crippen LogP contribution is -2.57. The Bertz CT molecular complexity index is 1590. The molecule has 0 spiro atoms. The van der Waals surface area contributed by atoms with E-state index in [-0.39, 0.29) is 13.0 Å². The lowest BCUT2D eigenvalue weighted by atomic mass is 9.59. The van der Waals surface area contributed by atoms with Gasteiger partial charge >= 0.3 is 13.0 Å². The van der Waals surface area contributed by atoms with Crippen LogP contribution in [0.25, 0.3) is 10.8 Å². The van der Waals surface area contributed by atoms with Crippen molar-refractivity contribution < 1.29 is 9.53 Å². The highest BCUT2D eigenvalue weighted by Crippen LogP contribution is 2.43. The first-order chi connectivity index (χ1) is 18.2. The molecule has 0 radical (unpaired) electrons. The number of benzene rings is 4. The van der Waals surface area contributed by atoms with Crippen molar-refractivity contribution in [1.82, 2.24) is 0 Å². The second kappa shape index (κ2) is 8.94. The Kier molecular flexibility index (Phi) is 5.79. The number of hydrogen-bond acceptors (Lipinski definition) is 4. The maximum atomic E-state index is 12.8. The van der Waals surface area contributed by atoms with Gasteiger partial charge in [-0.15, -0.1) is 0 Å². The van der Waals surface area contributed by atoms with Crippen LogP contribution in [0.4, 0.5) is 11.4 Å². The van der Waals surface area contributed by atoms with Gasteiger partial charge in [-0.3, -0.25) is 4.79 Å². The second-order valence-corrected chi connectivity index (χ2v) is 11.5. The first-order valence-electron chi connectivity index (χ1n) is 13.5. The highest BCUT2D eigenvalue weighted by atomic mass is 16.5. The summed E-state index contributed by atoms with van der Waals surface area (Å²) in [5, 5.41) is 6.46. The molecule has 0 aromatic heterocycles. The molecule has 1 N–H and O–H groups in total. The summed E-state index contributed by atoms with van der Waals surface area (Å²) >= 11 is 0. The SMILES string of the molecule is COC(=O)C1(C)Cc2c(C)c(C)c(B3Nc4cccc5cccc(c45)N3Cc3ccc(C)cc3)c(C)c2C1.